The Morgan fingerprint density at radius 2 is 1.72 bits per heavy atom. The summed E-state index contributed by atoms with van der Waals surface area (Å²) in [5.74, 6) is 0.820. The molecule has 0 saturated heterocycles. The van der Waals surface area contributed by atoms with E-state index in [1.54, 1.807) is 12.1 Å². The van der Waals surface area contributed by atoms with Crippen LogP contribution in [0.4, 0.5) is 0 Å². The first kappa shape index (κ1) is 15.0. The first-order chi connectivity index (χ1) is 8.47. The number of aliphatic hydroxyl groups is 1. The third-order valence-corrected chi connectivity index (χ3v) is 2.92. The lowest BCUT2D eigenvalue weighted by Crippen LogP contribution is -2.35. The predicted molar refractivity (Wildman–Crippen MR) is 74.7 cm³/mol. The van der Waals surface area contributed by atoms with Crippen LogP contribution in [0.15, 0.2) is 24.3 Å². The molecule has 1 aromatic rings. The standard InChI is InChI=1S/C15H25NO2/c1-11(2)8-15(18)10-16-12(3)9-13-4-6-14(17)7-5-13/h4-7,11-12,15-18H,8-10H2,1-3H3. The van der Waals surface area contributed by atoms with Crippen molar-refractivity contribution in [3.63, 3.8) is 0 Å². The van der Waals surface area contributed by atoms with Crippen molar-refractivity contribution in [2.45, 2.75) is 45.8 Å². The summed E-state index contributed by atoms with van der Waals surface area (Å²) in [5.41, 5.74) is 1.19. The summed E-state index contributed by atoms with van der Waals surface area (Å²) in [7, 11) is 0. The van der Waals surface area contributed by atoms with Crippen LogP contribution in [0.5, 0.6) is 5.75 Å². The van der Waals surface area contributed by atoms with Crippen molar-refractivity contribution in [2.75, 3.05) is 6.54 Å². The number of hydrogen-bond acceptors (Lipinski definition) is 3. The van der Waals surface area contributed by atoms with Gasteiger partial charge in [-0.15, -0.1) is 0 Å². The molecule has 0 radical (unpaired) electrons. The highest BCUT2D eigenvalue weighted by molar-refractivity contribution is 5.26. The van der Waals surface area contributed by atoms with Gasteiger partial charge in [-0.05, 0) is 43.4 Å². The normalized spacial score (nSPS) is 14.7. The molecule has 18 heavy (non-hydrogen) atoms. The van der Waals surface area contributed by atoms with Gasteiger partial charge < -0.3 is 15.5 Å². The molecule has 3 N–H and O–H groups in total. The molecule has 0 aliphatic carbocycles. The molecule has 0 amide bonds. The van der Waals surface area contributed by atoms with E-state index in [9.17, 15) is 10.2 Å². The third-order valence-electron chi connectivity index (χ3n) is 2.92. The van der Waals surface area contributed by atoms with Crippen molar-refractivity contribution < 1.29 is 10.2 Å². The van der Waals surface area contributed by atoms with E-state index in [1.807, 2.05) is 12.1 Å². The molecule has 0 saturated carbocycles. The van der Waals surface area contributed by atoms with Gasteiger partial charge in [-0.2, -0.15) is 0 Å². The highest BCUT2D eigenvalue weighted by atomic mass is 16.3. The molecule has 0 aliphatic heterocycles. The summed E-state index contributed by atoms with van der Waals surface area (Å²) in [6.45, 7) is 6.97. The Morgan fingerprint density at radius 1 is 1.11 bits per heavy atom. The van der Waals surface area contributed by atoms with E-state index < -0.39 is 0 Å². The van der Waals surface area contributed by atoms with Crippen LogP contribution >= 0.6 is 0 Å². The number of phenols is 1. The van der Waals surface area contributed by atoms with Crippen LogP contribution in [0.25, 0.3) is 0 Å². The van der Waals surface area contributed by atoms with Gasteiger partial charge in [-0.25, -0.2) is 0 Å². The Balaban J connectivity index is 2.29. The van der Waals surface area contributed by atoms with Crippen LogP contribution in [0.1, 0.15) is 32.8 Å². The zero-order chi connectivity index (χ0) is 13.5. The van der Waals surface area contributed by atoms with Crippen molar-refractivity contribution in [1.82, 2.24) is 5.32 Å². The fourth-order valence-corrected chi connectivity index (χ4v) is 2.02. The molecule has 0 aliphatic rings. The Hall–Kier alpha value is -1.06. The quantitative estimate of drug-likeness (QED) is 0.697. The molecule has 2 unspecified atom stereocenters. The molecular weight excluding hydrogens is 226 g/mol. The summed E-state index contributed by atoms with van der Waals surface area (Å²) in [4.78, 5) is 0. The summed E-state index contributed by atoms with van der Waals surface area (Å²) in [5, 5.41) is 22.3. The van der Waals surface area contributed by atoms with Crippen LogP contribution in [0.3, 0.4) is 0 Å². The Bertz CT molecular complexity index is 335. The minimum absolute atomic E-state index is 0.271. The van der Waals surface area contributed by atoms with Gasteiger partial charge in [-0.1, -0.05) is 26.0 Å². The molecule has 0 heterocycles. The summed E-state index contributed by atoms with van der Waals surface area (Å²) in [6, 6.07) is 7.58. The number of phenolic OH excluding ortho intramolecular Hbond substituents is 1. The molecule has 0 spiro atoms. The van der Waals surface area contributed by atoms with Crippen molar-refractivity contribution in [2.24, 2.45) is 5.92 Å². The lowest BCUT2D eigenvalue weighted by Gasteiger charge is -2.18. The van der Waals surface area contributed by atoms with Crippen molar-refractivity contribution in [3.05, 3.63) is 29.8 Å². The van der Waals surface area contributed by atoms with E-state index in [0.29, 0.717) is 24.3 Å². The maximum Gasteiger partial charge on any atom is 0.115 e. The first-order valence-electron chi connectivity index (χ1n) is 6.66. The number of nitrogens with one attached hydrogen (secondary N) is 1. The van der Waals surface area contributed by atoms with E-state index in [1.165, 1.54) is 5.56 Å². The largest absolute Gasteiger partial charge is 0.508 e. The van der Waals surface area contributed by atoms with Gasteiger partial charge >= 0.3 is 0 Å². The topological polar surface area (TPSA) is 52.5 Å². The second-order valence-corrected chi connectivity index (χ2v) is 5.46. The van der Waals surface area contributed by atoms with Crippen molar-refractivity contribution in [1.29, 1.82) is 0 Å². The molecular formula is C15H25NO2. The second-order valence-electron chi connectivity index (χ2n) is 5.46. The van der Waals surface area contributed by atoms with E-state index in [2.05, 4.69) is 26.1 Å². The number of rotatable bonds is 7. The van der Waals surface area contributed by atoms with Gasteiger partial charge in [0.05, 0.1) is 6.10 Å². The van der Waals surface area contributed by atoms with Crippen LogP contribution < -0.4 is 5.32 Å². The number of hydrogen-bond donors (Lipinski definition) is 3. The molecule has 3 heteroatoms. The Morgan fingerprint density at radius 3 is 2.28 bits per heavy atom. The third kappa shape index (κ3) is 6.03. The molecule has 0 fully saturated rings. The van der Waals surface area contributed by atoms with Crippen molar-refractivity contribution in [3.8, 4) is 5.75 Å². The number of aromatic hydroxyl groups is 1. The first-order valence-corrected chi connectivity index (χ1v) is 6.66. The van der Waals surface area contributed by atoms with Crippen LogP contribution in [0.2, 0.25) is 0 Å². The minimum atomic E-state index is -0.271. The Labute approximate surface area is 110 Å². The molecule has 1 aromatic carbocycles. The predicted octanol–water partition coefficient (Wildman–Crippen LogP) is 2.32. The van der Waals surface area contributed by atoms with Gasteiger partial charge in [0.2, 0.25) is 0 Å². The van der Waals surface area contributed by atoms with Crippen LogP contribution in [-0.2, 0) is 6.42 Å². The van der Waals surface area contributed by atoms with Gasteiger partial charge in [0, 0.05) is 12.6 Å². The van der Waals surface area contributed by atoms with E-state index in [0.717, 1.165) is 12.8 Å². The van der Waals surface area contributed by atoms with Crippen LogP contribution in [-0.4, -0.2) is 28.9 Å². The average Bonchev–Trinajstić information content (AvgIpc) is 2.29. The molecule has 102 valence electrons. The SMILES string of the molecule is CC(C)CC(O)CNC(C)Cc1ccc(O)cc1. The van der Waals surface area contributed by atoms with Gasteiger partial charge in [-0.3, -0.25) is 0 Å². The molecule has 1 rings (SSSR count). The molecule has 0 aromatic heterocycles. The second kappa shape index (κ2) is 7.39. The van der Waals surface area contributed by atoms with Gasteiger partial charge in [0.15, 0.2) is 0 Å². The lowest BCUT2D eigenvalue weighted by atomic mass is 10.0. The number of benzene rings is 1. The molecule has 2 atom stereocenters. The fraction of sp³-hybridized carbons (Fsp3) is 0.600. The summed E-state index contributed by atoms with van der Waals surface area (Å²) < 4.78 is 0. The number of aliphatic hydroxyl groups excluding tert-OH is 1. The highest BCUT2D eigenvalue weighted by Crippen LogP contribution is 2.11. The highest BCUT2D eigenvalue weighted by Gasteiger charge is 2.09. The molecule has 3 nitrogen and oxygen atoms in total. The zero-order valence-corrected chi connectivity index (χ0v) is 11.6. The minimum Gasteiger partial charge on any atom is -0.508 e. The maximum absolute atomic E-state index is 9.78. The molecule has 0 bridgehead atoms. The fourth-order valence-electron chi connectivity index (χ4n) is 2.02. The van der Waals surface area contributed by atoms with Gasteiger partial charge in [0.25, 0.3) is 0 Å². The maximum atomic E-state index is 9.78. The van der Waals surface area contributed by atoms with E-state index in [4.69, 9.17) is 0 Å². The monoisotopic (exact) mass is 251 g/mol. The summed E-state index contributed by atoms with van der Waals surface area (Å²) >= 11 is 0. The van der Waals surface area contributed by atoms with E-state index in [-0.39, 0.29) is 6.10 Å². The van der Waals surface area contributed by atoms with Gasteiger partial charge in [0.1, 0.15) is 5.75 Å². The summed E-state index contributed by atoms with van der Waals surface area (Å²) in [6.07, 6.45) is 1.46. The zero-order valence-electron chi connectivity index (χ0n) is 11.6. The smallest absolute Gasteiger partial charge is 0.115 e. The van der Waals surface area contributed by atoms with Crippen LogP contribution in [0, 0.1) is 5.92 Å². The van der Waals surface area contributed by atoms with Crippen molar-refractivity contribution >= 4 is 0 Å². The van der Waals surface area contributed by atoms with E-state index >= 15 is 0 Å². The Kier molecular flexibility index (Phi) is 6.16. The average molecular weight is 251 g/mol. The lowest BCUT2D eigenvalue weighted by molar-refractivity contribution is 0.143.